The molecular weight excluding hydrogens is 503 g/mol. The number of anilines is 3. The van der Waals surface area contributed by atoms with Gasteiger partial charge in [-0.25, -0.2) is 5.84 Å². The molecule has 1 aliphatic heterocycles. The minimum Gasteiger partial charge on any atom is -0.333 e. The van der Waals surface area contributed by atoms with Gasteiger partial charge in [-0.3, -0.25) is 5.01 Å². The van der Waals surface area contributed by atoms with Crippen LogP contribution in [0.3, 0.4) is 0 Å². The Bertz CT molecular complexity index is 964. The zero-order valence-corrected chi connectivity index (χ0v) is 26.6. The Balaban J connectivity index is 0.000000343. The molecule has 0 spiro atoms. The van der Waals surface area contributed by atoms with Crippen molar-refractivity contribution in [1.82, 2.24) is 19.9 Å². The molecule has 2 fully saturated rings. The van der Waals surface area contributed by atoms with Gasteiger partial charge in [0.1, 0.15) is 5.82 Å². The molecule has 1 aliphatic carbocycles. The lowest BCUT2D eigenvalue weighted by molar-refractivity contribution is 0.245. The lowest BCUT2D eigenvalue weighted by Gasteiger charge is -2.27. The third kappa shape index (κ3) is 10.2. The summed E-state index contributed by atoms with van der Waals surface area (Å²) in [7, 11) is 6.24. The first-order valence-corrected chi connectivity index (χ1v) is 15.6. The van der Waals surface area contributed by atoms with Crippen molar-refractivity contribution in [2.75, 3.05) is 37.1 Å². The van der Waals surface area contributed by atoms with Crippen molar-refractivity contribution < 1.29 is 0 Å². The molecule has 9 heteroatoms. The van der Waals surface area contributed by atoms with Crippen LogP contribution in [0.25, 0.3) is 0 Å². The Morgan fingerprint density at radius 2 is 1.62 bits per heavy atom. The number of hydrogen-bond donors (Lipinski definition) is 2. The maximum atomic E-state index is 6.42. The zero-order chi connectivity index (χ0) is 28.8. The summed E-state index contributed by atoms with van der Waals surface area (Å²) in [6.45, 7) is 11.3. The van der Waals surface area contributed by atoms with Gasteiger partial charge in [-0.1, -0.05) is 52.0 Å². The second kappa shape index (κ2) is 17.8. The van der Waals surface area contributed by atoms with E-state index in [4.69, 9.17) is 5.84 Å². The molecule has 1 aromatic carbocycles. The van der Waals surface area contributed by atoms with Gasteiger partial charge in [-0.2, -0.15) is 15.0 Å². The number of rotatable bonds is 8. The normalized spacial score (nSPS) is 17.9. The first kappa shape index (κ1) is 33.3. The summed E-state index contributed by atoms with van der Waals surface area (Å²) in [6, 6.07) is 7.51. The van der Waals surface area contributed by atoms with E-state index in [-0.39, 0.29) is 0 Å². The highest BCUT2D eigenvalue weighted by Crippen LogP contribution is 2.25. The maximum Gasteiger partial charge on any atom is 0.245 e. The Kier molecular flexibility index (Phi) is 15.2. The van der Waals surface area contributed by atoms with Crippen molar-refractivity contribution in [2.24, 2.45) is 11.6 Å². The predicted octanol–water partition coefficient (Wildman–Crippen LogP) is 5.40. The monoisotopic (exact) mass is 558 g/mol. The van der Waals surface area contributed by atoms with Crippen molar-refractivity contribution in [2.45, 2.75) is 110 Å². The minimum absolute atomic E-state index is 0.301. The van der Waals surface area contributed by atoms with Crippen LogP contribution in [0, 0.1) is 13.8 Å². The third-order valence-corrected chi connectivity index (χ3v) is 8.51. The molecule has 0 radical (unpaired) electrons. The van der Waals surface area contributed by atoms with Gasteiger partial charge in [-0.15, -0.1) is 9.24 Å². The van der Waals surface area contributed by atoms with Crippen LogP contribution in [-0.2, 0) is 0 Å². The van der Waals surface area contributed by atoms with Crippen molar-refractivity contribution in [3.8, 4) is 0 Å². The van der Waals surface area contributed by atoms with E-state index in [1.54, 1.807) is 5.01 Å². The second-order valence-corrected chi connectivity index (χ2v) is 11.4. The van der Waals surface area contributed by atoms with Gasteiger partial charge >= 0.3 is 0 Å². The Hall–Kier alpha value is -1.86. The Morgan fingerprint density at radius 1 is 0.949 bits per heavy atom. The van der Waals surface area contributed by atoms with Crippen LogP contribution >= 0.6 is 9.24 Å². The molecule has 1 saturated carbocycles. The van der Waals surface area contributed by atoms with Crippen LogP contribution in [-0.4, -0.2) is 59.1 Å². The van der Waals surface area contributed by atoms with E-state index in [0.717, 1.165) is 24.6 Å². The molecular formula is C30H55N8P. The molecule has 2 atom stereocenters. The summed E-state index contributed by atoms with van der Waals surface area (Å²) >= 11 is 0. The van der Waals surface area contributed by atoms with Crippen LogP contribution in [0.5, 0.6) is 0 Å². The Labute approximate surface area is 240 Å². The van der Waals surface area contributed by atoms with E-state index in [0.29, 0.717) is 23.8 Å². The smallest absolute Gasteiger partial charge is 0.245 e. The minimum atomic E-state index is 0.301. The van der Waals surface area contributed by atoms with Gasteiger partial charge in [0, 0.05) is 24.8 Å². The standard InChI is InChI=1S/C19H29N6P.C10H21N.CH5N/c1-13-10-11-16(12-17(13)26)24(3)18-21-14(2)22-19(23-18)25(20)15-8-6-4-5-7-9-15;1-3-5-8-11-9-6-7-10(11)4-2;1-2/h10-12,15H,4-9,20,26H2,1-3H3;10H,3-9H2,1-2H3;2H2,1H3. The van der Waals surface area contributed by atoms with E-state index in [9.17, 15) is 0 Å². The summed E-state index contributed by atoms with van der Waals surface area (Å²) in [5, 5.41) is 2.92. The van der Waals surface area contributed by atoms with Crippen molar-refractivity contribution in [1.29, 1.82) is 0 Å². The quantitative estimate of drug-likeness (QED) is 0.192. The van der Waals surface area contributed by atoms with E-state index < -0.39 is 0 Å². The van der Waals surface area contributed by atoms with Crippen LogP contribution in [0.15, 0.2) is 18.2 Å². The summed E-state index contributed by atoms with van der Waals surface area (Å²) in [4.78, 5) is 18.3. The Morgan fingerprint density at radius 3 is 2.23 bits per heavy atom. The van der Waals surface area contributed by atoms with E-state index in [1.165, 1.54) is 88.8 Å². The predicted molar refractivity (Wildman–Crippen MR) is 171 cm³/mol. The first-order chi connectivity index (χ1) is 18.8. The molecule has 2 heterocycles. The summed E-state index contributed by atoms with van der Waals surface area (Å²) < 4.78 is 0. The molecule has 39 heavy (non-hydrogen) atoms. The number of aryl methyl sites for hydroxylation is 2. The maximum absolute atomic E-state index is 6.42. The molecule has 2 unspecified atom stereocenters. The van der Waals surface area contributed by atoms with Gasteiger partial charge in [0.25, 0.3) is 0 Å². The first-order valence-electron chi connectivity index (χ1n) is 15.0. The van der Waals surface area contributed by atoms with E-state index in [1.807, 2.05) is 18.9 Å². The average molecular weight is 559 g/mol. The fourth-order valence-corrected chi connectivity index (χ4v) is 5.65. The number of hydrogen-bond acceptors (Lipinski definition) is 8. The van der Waals surface area contributed by atoms with Crippen LogP contribution in [0.4, 0.5) is 17.6 Å². The summed E-state index contributed by atoms with van der Waals surface area (Å²) in [5.41, 5.74) is 6.77. The summed E-state index contributed by atoms with van der Waals surface area (Å²) in [6.07, 6.45) is 14.2. The van der Waals surface area contributed by atoms with E-state index >= 15 is 0 Å². The van der Waals surface area contributed by atoms with Gasteiger partial charge in [0.2, 0.25) is 11.9 Å². The summed E-state index contributed by atoms with van der Waals surface area (Å²) in [5.74, 6) is 8.27. The van der Waals surface area contributed by atoms with Gasteiger partial charge < -0.3 is 15.5 Å². The van der Waals surface area contributed by atoms with Crippen LogP contribution in [0.2, 0.25) is 0 Å². The van der Waals surface area contributed by atoms with Crippen molar-refractivity contribution in [3.05, 3.63) is 29.6 Å². The number of hydrazine groups is 1. The number of unbranched alkanes of at least 4 members (excludes halogenated alkanes) is 1. The van der Waals surface area contributed by atoms with Crippen molar-refractivity contribution in [3.63, 3.8) is 0 Å². The number of nitrogens with two attached hydrogens (primary N) is 2. The lowest BCUT2D eigenvalue weighted by atomic mass is 10.1. The topological polar surface area (TPSA) is 100 Å². The molecule has 8 nitrogen and oxygen atoms in total. The van der Waals surface area contributed by atoms with E-state index in [2.05, 4.69) is 73.8 Å². The molecule has 2 aliphatic rings. The number of aromatic nitrogens is 3. The van der Waals surface area contributed by atoms with Gasteiger partial charge in [-0.05, 0) is 95.5 Å². The van der Waals surface area contributed by atoms with Gasteiger partial charge in [0.15, 0.2) is 0 Å². The number of nitrogens with zero attached hydrogens (tertiary/aromatic N) is 6. The molecule has 0 bridgehead atoms. The zero-order valence-electron chi connectivity index (χ0n) is 25.5. The molecule has 2 aromatic rings. The molecule has 1 saturated heterocycles. The second-order valence-electron chi connectivity index (χ2n) is 10.7. The highest BCUT2D eigenvalue weighted by atomic mass is 31.0. The van der Waals surface area contributed by atoms with Crippen LogP contribution in [0.1, 0.15) is 95.9 Å². The highest BCUT2D eigenvalue weighted by molar-refractivity contribution is 7.27. The SMILES string of the molecule is CCCCN1CCCC1CC.CN.Cc1nc(N(C)c2ccc(C)c(P)c2)nc(N(N)C2CCCCCC2)n1. The fraction of sp³-hybridized carbons (Fsp3) is 0.700. The highest BCUT2D eigenvalue weighted by Gasteiger charge is 2.22. The van der Waals surface area contributed by atoms with Crippen molar-refractivity contribution >= 4 is 32.1 Å². The molecule has 4 rings (SSSR count). The molecule has 220 valence electrons. The number of benzene rings is 1. The van der Waals surface area contributed by atoms with Gasteiger partial charge in [0.05, 0.1) is 0 Å². The van der Waals surface area contributed by atoms with Crippen LogP contribution < -0.4 is 26.8 Å². The molecule has 4 N–H and O–H groups in total. The average Bonchev–Trinajstić information content (AvgIpc) is 3.24. The fourth-order valence-electron chi connectivity index (χ4n) is 5.38. The molecule has 0 amide bonds. The lowest BCUT2D eigenvalue weighted by Crippen LogP contribution is -2.42. The molecule has 1 aromatic heterocycles. The third-order valence-electron chi connectivity index (χ3n) is 7.89. The number of likely N-dealkylation sites (tertiary alicyclic amines) is 1. The largest absolute Gasteiger partial charge is 0.333 e.